The third-order valence-electron chi connectivity index (χ3n) is 4.88. The van der Waals surface area contributed by atoms with Gasteiger partial charge in [0.05, 0.1) is 7.11 Å². The molecule has 2 heterocycles. The highest BCUT2D eigenvalue weighted by Crippen LogP contribution is 2.26. The number of pyridine rings is 1. The molecule has 1 aliphatic rings. The zero-order chi connectivity index (χ0) is 20.3. The number of halogens is 2. The molecule has 8 heteroatoms. The van der Waals surface area contributed by atoms with E-state index < -0.39 is 11.6 Å². The van der Waals surface area contributed by atoms with Crippen molar-refractivity contribution in [3.63, 3.8) is 0 Å². The lowest BCUT2D eigenvalue weighted by molar-refractivity contribution is 0.208. The highest BCUT2D eigenvalue weighted by atomic mass is 19.1. The van der Waals surface area contributed by atoms with E-state index in [0.717, 1.165) is 23.7 Å². The van der Waals surface area contributed by atoms with Gasteiger partial charge in [-0.05, 0) is 37.1 Å². The van der Waals surface area contributed by atoms with Gasteiger partial charge in [0.15, 0.2) is 0 Å². The molecular weight excluding hydrogens is 366 g/mol. The molecule has 1 N–H and O–H groups in total. The minimum Gasteiger partial charge on any atom is -0.480 e. The summed E-state index contributed by atoms with van der Waals surface area (Å²) in [6.07, 6.45) is 0.800. The first kappa shape index (κ1) is 19.9. The largest absolute Gasteiger partial charge is 0.480 e. The van der Waals surface area contributed by atoms with Crippen molar-refractivity contribution in [2.24, 2.45) is 0 Å². The maximum absolute atomic E-state index is 13.4. The van der Waals surface area contributed by atoms with Gasteiger partial charge in [0.25, 0.3) is 0 Å². The van der Waals surface area contributed by atoms with Gasteiger partial charge in [-0.15, -0.1) is 0 Å². The van der Waals surface area contributed by atoms with Crippen molar-refractivity contribution in [2.75, 3.05) is 43.5 Å². The van der Waals surface area contributed by atoms with Crippen LogP contribution in [0, 0.1) is 18.6 Å². The number of aromatic nitrogens is 1. The number of nitrogens with zero attached hydrogens (tertiary/aromatic N) is 3. The number of nitrogens with one attached hydrogen (secondary N) is 1. The van der Waals surface area contributed by atoms with Crippen LogP contribution >= 0.6 is 0 Å². The van der Waals surface area contributed by atoms with Gasteiger partial charge in [-0.1, -0.05) is 6.92 Å². The second kappa shape index (κ2) is 8.41. The van der Waals surface area contributed by atoms with Gasteiger partial charge >= 0.3 is 6.03 Å². The molecule has 0 bridgehead atoms. The molecule has 3 rings (SSSR count). The minimum absolute atomic E-state index is 0.254. The summed E-state index contributed by atoms with van der Waals surface area (Å²) >= 11 is 0. The number of methoxy groups -OCH3 is 1. The third-order valence-corrected chi connectivity index (χ3v) is 4.88. The van der Waals surface area contributed by atoms with Crippen LogP contribution in [0.15, 0.2) is 24.3 Å². The molecule has 2 aromatic rings. The maximum atomic E-state index is 13.4. The minimum atomic E-state index is -0.610. The molecule has 0 unspecified atom stereocenters. The molecule has 0 radical (unpaired) electrons. The number of amides is 2. The zero-order valence-corrected chi connectivity index (χ0v) is 16.3. The summed E-state index contributed by atoms with van der Waals surface area (Å²) < 4.78 is 32.2. The van der Waals surface area contributed by atoms with Crippen LogP contribution in [0.4, 0.5) is 25.0 Å². The van der Waals surface area contributed by atoms with Crippen molar-refractivity contribution in [1.29, 1.82) is 0 Å². The van der Waals surface area contributed by atoms with Gasteiger partial charge < -0.3 is 19.9 Å². The first-order chi connectivity index (χ1) is 13.4. The second-order valence-electron chi connectivity index (χ2n) is 6.68. The zero-order valence-electron chi connectivity index (χ0n) is 16.3. The molecule has 0 saturated carbocycles. The van der Waals surface area contributed by atoms with Crippen LogP contribution in [0.5, 0.6) is 5.88 Å². The SMILES string of the molecule is CCc1cc(NC(=O)N2CCN(c3cc(F)cc(F)c3)CC2)c(OC)nc1C. The number of ether oxygens (including phenoxy) is 1. The number of benzene rings is 1. The lowest BCUT2D eigenvalue weighted by Crippen LogP contribution is -2.50. The average molecular weight is 390 g/mol. The molecule has 150 valence electrons. The van der Waals surface area contributed by atoms with Crippen molar-refractivity contribution < 1.29 is 18.3 Å². The molecule has 2 amide bonds. The lowest BCUT2D eigenvalue weighted by atomic mass is 10.1. The van der Waals surface area contributed by atoms with Crippen LogP contribution in [-0.2, 0) is 6.42 Å². The summed E-state index contributed by atoms with van der Waals surface area (Å²) in [7, 11) is 1.51. The van der Waals surface area contributed by atoms with Crippen molar-refractivity contribution in [3.05, 3.63) is 47.2 Å². The van der Waals surface area contributed by atoms with Crippen LogP contribution in [0.25, 0.3) is 0 Å². The Morgan fingerprint density at radius 3 is 2.36 bits per heavy atom. The fourth-order valence-electron chi connectivity index (χ4n) is 3.31. The Morgan fingerprint density at radius 1 is 1.14 bits per heavy atom. The molecular formula is C20H24F2N4O2. The van der Waals surface area contributed by atoms with Gasteiger partial charge in [0.2, 0.25) is 5.88 Å². The van der Waals surface area contributed by atoms with Gasteiger partial charge in [0, 0.05) is 43.6 Å². The number of carbonyl (C=O) groups is 1. The smallest absolute Gasteiger partial charge is 0.322 e. The summed E-state index contributed by atoms with van der Waals surface area (Å²) in [5.74, 6) is -0.848. The first-order valence-electron chi connectivity index (χ1n) is 9.22. The normalized spacial score (nSPS) is 14.2. The van der Waals surface area contributed by atoms with E-state index in [4.69, 9.17) is 4.74 Å². The van der Waals surface area contributed by atoms with Crippen LogP contribution in [0.1, 0.15) is 18.2 Å². The van der Waals surface area contributed by atoms with E-state index in [-0.39, 0.29) is 6.03 Å². The number of hydrogen-bond donors (Lipinski definition) is 1. The fraction of sp³-hybridized carbons (Fsp3) is 0.400. The molecule has 0 aliphatic carbocycles. The molecule has 1 fully saturated rings. The number of urea groups is 1. The number of carbonyl (C=O) groups excluding carboxylic acids is 1. The number of hydrogen-bond acceptors (Lipinski definition) is 4. The van der Waals surface area contributed by atoms with Crippen molar-refractivity contribution in [1.82, 2.24) is 9.88 Å². The second-order valence-corrected chi connectivity index (χ2v) is 6.68. The van der Waals surface area contributed by atoms with Crippen LogP contribution in [-0.4, -0.2) is 49.2 Å². The average Bonchev–Trinajstić information content (AvgIpc) is 2.68. The Labute approximate surface area is 163 Å². The Balaban J connectivity index is 1.66. The van der Waals surface area contributed by atoms with Gasteiger partial charge in [-0.2, -0.15) is 0 Å². The van der Waals surface area contributed by atoms with Gasteiger partial charge in [-0.25, -0.2) is 18.6 Å². The van der Waals surface area contributed by atoms with Gasteiger partial charge in [0.1, 0.15) is 17.3 Å². The quantitative estimate of drug-likeness (QED) is 0.867. The molecule has 28 heavy (non-hydrogen) atoms. The van der Waals surface area contributed by atoms with Crippen molar-refractivity contribution >= 4 is 17.4 Å². The standard InChI is InChI=1S/C20H24F2N4O2/c1-4-14-9-18(19(28-3)23-13(14)2)24-20(27)26-7-5-25(6-8-26)17-11-15(21)10-16(22)12-17/h9-12H,4-8H2,1-3H3,(H,24,27). The van der Waals surface area contributed by atoms with Crippen molar-refractivity contribution in [2.45, 2.75) is 20.3 Å². The van der Waals surface area contributed by atoms with E-state index in [1.54, 1.807) is 4.90 Å². The third kappa shape index (κ3) is 4.32. The van der Waals surface area contributed by atoms with E-state index in [2.05, 4.69) is 10.3 Å². The molecule has 1 aromatic heterocycles. The fourth-order valence-corrected chi connectivity index (χ4v) is 3.31. The molecule has 1 aromatic carbocycles. The predicted molar refractivity (Wildman–Crippen MR) is 104 cm³/mol. The number of piperazine rings is 1. The van der Waals surface area contributed by atoms with E-state index in [1.807, 2.05) is 24.8 Å². The first-order valence-corrected chi connectivity index (χ1v) is 9.22. The Hall–Kier alpha value is -2.90. The predicted octanol–water partition coefficient (Wildman–Crippen LogP) is 3.59. The Morgan fingerprint density at radius 2 is 1.79 bits per heavy atom. The molecule has 6 nitrogen and oxygen atoms in total. The summed E-state index contributed by atoms with van der Waals surface area (Å²) in [6.45, 7) is 5.77. The van der Waals surface area contributed by atoms with E-state index in [9.17, 15) is 13.6 Å². The maximum Gasteiger partial charge on any atom is 0.322 e. The molecule has 1 aliphatic heterocycles. The van der Waals surface area contributed by atoms with E-state index >= 15 is 0 Å². The highest BCUT2D eigenvalue weighted by molar-refractivity contribution is 5.91. The summed E-state index contributed by atoms with van der Waals surface area (Å²) in [6, 6.07) is 5.07. The molecule has 0 spiro atoms. The monoisotopic (exact) mass is 390 g/mol. The van der Waals surface area contributed by atoms with E-state index in [1.165, 1.54) is 19.2 Å². The topological polar surface area (TPSA) is 57.7 Å². The number of aryl methyl sites for hydroxylation is 2. The number of rotatable bonds is 4. The number of anilines is 2. The summed E-state index contributed by atoms with van der Waals surface area (Å²) in [5.41, 5.74) is 2.92. The highest BCUT2D eigenvalue weighted by Gasteiger charge is 2.23. The van der Waals surface area contributed by atoms with E-state index in [0.29, 0.717) is 43.4 Å². The summed E-state index contributed by atoms with van der Waals surface area (Å²) in [4.78, 5) is 20.6. The Kier molecular flexibility index (Phi) is 5.96. The molecule has 0 atom stereocenters. The Bertz CT molecular complexity index is 847. The van der Waals surface area contributed by atoms with Crippen LogP contribution < -0.4 is 15.0 Å². The summed E-state index contributed by atoms with van der Waals surface area (Å²) in [5, 5.41) is 2.87. The van der Waals surface area contributed by atoms with Crippen molar-refractivity contribution in [3.8, 4) is 5.88 Å². The van der Waals surface area contributed by atoms with Crippen LogP contribution in [0.2, 0.25) is 0 Å². The van der Waals surface area contributed by atoms with Gasteiger partial charge in [-0.3, -0.25) is 0 Å². The van der Waals surface area contributed by atoms with Crippen LogP contribution in [0.3, 0.4) is 0 Å². The lowest BCUT2D eigenvalue weighted by Gasteiger charge is -2.36. The molecule has 1 saturated heterocycles.